The second-order valence-corrected chi connectivity index (χ2v) is 5.79. The highest BCUT2D eigenvalue weighted by Crippen LogP contribution is 2.24. The number of hydrogen-bond acceptors (Lipinski definition) is 4. The zero-order chi connectivity index (χ0) is 16.4. The molecule has 1 aromatic carbocycles. The maximum atomic E-state index is 5.90. The Morgan fingerprint density at radius 2 is 1.91 bits per heavy atom. The summed E-state index contributed by atoms with van der Waals surface area (Å²) in [6.07, 6.45) is 2.51. The first-order valence-electron chi connectivity index (χ1n) is 8.00. The molecule has 0 N–H and O–H groups in total. The summed E-state index contributed by atoms with van der Waals surface area (Å²) in [5, 5.41) is 0. The third-order valence-corrected chi connectivity index (χ3v) is 4.20. The van der Waals surface area contributed by atoms with Crippen molar-refractivity contribution in [2.45, 2.75) is 40.0 Å². The summed E-state index contributed by atoms with van der Waals surface area (Å²) in [5.74, 6) is 1.46. The molecule has 120 valence electrons. The highest BCUT2D eigenvalue weighted by molar-refractivity contribution is 5.75. The van der Waals surface area contributed by atoms with Crippen LogP contribution in [0.2, 0.25) is 0 Å². The molecule has 0 bridgehead atoms. The van der Waals surface area contributed by atoms with Crippen LogP contribution in [-0.4, -0.2) is 17.1 Å². The number of benzene rings is 1. The SMILES string of the molecule is CCc1cc(CCc2nc3cccc(C)c3o2)c(OC)nc1C. The van der Waals surface area contributed by atoms with Gasteiger partial charge in [0.1, 0.15) is 5.52 Å². The van der Waals surface area contributed by atoms with E-state index in [4.69, 9.17) is 9.15 Å². The summed E-state index contributed by atoms with van der Waals surface area (Å²) in [5.41, 5.74) is 6.31. The standard InChI is InChI=1S/C19H22N2O2/c1-5-14-11-15(19(22-4)20-13(14)3)9-10-17-21-16-8-6-7-12(2)18(16)23-17/h6-8,11H,5,9-10H2,1-4H3. The van der Waals surface area contributed by atoms with Crippen molar-refractivity contribution in [1.82, 2.24) is 9.97 Å². The number of rotatable bonds is 5. The number of hydrogen-bond donors (Lipinski definition) is 0. The molecule has 4 heteroatoms. The molecule has 0 fully saturated rings. The van der Waals surface area contributed by atoms with Crippen molar-refractivity contribution in [3.8, 4) is 5.88 Å². The topological polar surface area (TPSA) is 48.2 Å². The Morgan fingerprint density at radius 3 is 2.61 bits per heavy atom. The van der Waals surface area contributed by atoms with Gasteiger partial charge in [0.25, 0.3) is 0 Å². The van der Waals surface area contributed by atoms with Crippen molar-refractivity contribution >= 4 is 11.1 Å². The van der Waals surface area contributed by atoms with Crippen LogP contribution in [0.15, 0.2) is 28.7 Å². The summed E-state index contributed by atoms with van der Waals surface area (Å²) >= 11 is 0. The summed E-state index contributed by atoms with van der Waals surface area (Å²) in [4.78, 5) is 9.13. The first kappa shape index (κ1) is 15.5. The van der Waals surface area contributed by atoms with Crippen molar-refractivity contribution in [1.29, 1.82) is 0 Å². The van der Waals surface area contributed by atoms with E-state index in [1.807, 2.05) is 32.0 Å². The van der Waals surface area contributed by atoms with E-state index >= 15 is 0 Å². The Hall–Kier alpha value is -2.36. The van der Waals surface area contributed by atoms with Crippen LogP contribution < -0.4 is 4.74 Å². The van der Waals surface area contributed by atoms with E-state index in [2.05, 4.69) is 23.0 Å². The molecule has 0 atom stereocenters. The molecule has 2 aromatic heterocycles. The van der Waals surface area contributed by atoms with Gasteiger partial charge in [-0.1, -0.05) is 19.1 Å². The maximum absolute atomic E-state index is 5.90. The fourth-order valence-electron chi connectivity index (χ4n) is 2.87. The van der Waals surface area contributed by atoms with Gasteiger partial charge >= 0.3 is 0 Å². The van der Waals surface area contributed by atoms with E-state index in [1.165, 1.54) is 5.56 Å². The minimum atomic E-state index is 0.701. The number of aryl methyl sites for hydroxylation is 5. The van der Waals surface area contributed by atoms with Crippen LogP contribution in [0.25, 0.3) is 11.1 Å². The number of pyridine rings is 1. The molecule has 23 heavy (non-hydrogen) atoms. The lowest BCUT2D eigenvalue weighted by molar-refractivity contribution is 0.390. The number of nitrogens with zero attached hydrogens (tertiary/aromatic N) is 2. The Morgan fingerprint density at radius 1 is 1.09 bits per heavy atom. The van der Waals surface area contributed by atoms with Gasteiger partial charge in [0.05, 0.1) is 7.11 Å². The molecule has 0 saturated heterocycles. The van der Waals surface area contributed by atoms with Gasteiger partial charge in [-0.25, -0.2) is 9.97 Å². The number of ether oxygens (including phenoxy) is 1. The molecule has 0 aliphatic rings. The number of para-hydroxylation sites is 1. The Bertz CT molecular complexity index is 837. The molecule has 0 spiro atoms. The van der Waals surface area contributed by atoms with E-state index in [9.17, 15) is 0 Å². The smallest absolute Gasteiger partial charge is 0.216 e. The lowest BCUT2D eigenvalue weighted by Crippen LogP contribution is -2.02. The van der Waals surface area contributed by atoms with Crippen molar-refractivity contribution in [3.63, 3.8) is 0 Å². The van der Waals surface area contributed by atoms with Crippen LogP contribution >= 0.6 is 0 Å². The average Bonchev–Trinajstić information content (AvgIpc) is 2.98. The second kappa shape index (κ2) is 6.41. The molecule has 0 amide bonds. The van der Waals surface area contributed by atoms with Gasteiger partial charge in [0.2, 0.25) is 5.88 Å². The van der Waals surface area contributed by atoms with Gasteiger partial charge in [-0.3, -0.25) is 0 Å². The molecular formula is C19H22N2O2. The van der Waals surface area contributed by atoms with Gasteiger partial charge in [0.15, 0.2) is 11.5 Å². The molecule has 0 aliphatic carbocycles. The average molecular weight is 310 g/mol. The molecule has 3 aromatic rings. The van der Waals surface area contributed by atoms with Crippen molar-refractivity contribution in [3.05, 3.63) is 52.5 Å². The third-order valence-electron chi connectivity index (χ3n) is 4.20. The van der Waals surface area contributed by atoms with Crippen molar-refractivity contribution in [2.24, 2.45) is 0 Å². The van der Waals surface area contributed by atoms with Crippen LogP contribution in [0, 0.1) is 13.8 Å². The summed E-state index contributed by atoms with van der Waals surface area (Å²) in [7, 11) is 1.67. The minimum Gasteiger partial charge on any atom is -0.481 e. The van der Waals surface area contributed by atoms with E-state index in [0.29, 0.717) is 5.88 Å². The lowest BCUT2D eigenvalue weighted by atomic mass is 10.1. The zero-order valence-electron chi connectivity index (χ0n) is 14.1. The van der Waals surface area contributed by atoms with E-state index in [-0.39, 0.29) is 0 Å². The van der Waals surface area contributed by atoms with Crippen molar-refractivity contribution < 1.29 is 9.15 Å². The lowest BCUT2D eigenvalue weighted by Gasteiger charge is -2.11. The predicted octanol–water partition coefficient (Wildman–Crippen LogP) is 4.20. The molecule has 0 saturated carbocycles. The Kier molecular flexibility index (Phi) is 4.33. The van der Waals surface area contributed by atoms with Crippen LogP contribution in [0.1, 0.15) is 35.2 Å². The van der Waals surface area contributed by atoms with Gasteiger partial charge in [-0.05, 0) is 49.9 Å². The number of fused-ring (bicyclic) bond motifs is 1. The molecule has 0 aliphatic heterocycles. The normalized spacial score (nSPS) is 11.1. The summed E-state index contributed by atoms with van der Waals surface area (Å²) in [6, 6.07) is 8.22. The summed E-state index contributed by atoms with van der Waals surface area (Å²) in [6.45, 7) is 6.20. The number of oxazole rings is 1. The van der Waals surface area contributed by atoms with E-state index in [0.717, 1.165) is 53.1 Å². The highest BCUT2D eigenvalue weighted by atomic mass is 16.5. The van der Waals surface area contributed by atoms with Crippen molar-refractivity contribution in [2.75, 3.05) is 7.11 Å². The minimum absolute atomic E-state index is 0.701. The van der Waals surface area contributed by atoms with Crippen LogP contribution in [0.3, 0.4) is 0 Å². The molecule has 0 radical (unpaired) electrons. The first-order valence-corrected chi connectivity index (χ1v) is 8.00. The quantitative estimate of drug-likeness (QED) is 0.709. The molecule has 4 nitrogen and oxygen atoms in total. The number of methoxy groups -OCH3 is 1. The fourth-order valence-corrected chi connectivity index (χ4v) is 2.87. The Labute approximate surface area is 136 Å². The van der Waals surface area contributed by atoms with E-state index < -0.39 is 0 Å². The monoisotopic (exact) mass is 310 g/mol. The molecule has 0 unspecified atom stereocenters. The Balaban J connectivity index is 1.85. The predicted molar refractivity (Wildman–Crippen MR) is 91.1 cm³/mol. The largest absolute Gasteiger partial charge is 0.481 e. The highest BCUT2D eigenvalue weighted by Gasteiger charge is 2.12. The van der Waals surface area contributed by atoms with Gasteiger partial charge in [-0.2, -0.15) is 0 Å². The van der Waals surface area contributed by atoms with Crippen LogP contribution in [-0.2, 0) is 19.3 Å². The number of aromatic nitrogens is 2. The molecule has 2 heterocycles. The van der Waals surface area contributed by atoms with E-state index in [1.54, 1.807) is 7.11 Å². The summed E-state index contributed by atoms with van der Waals surface area (Å²) < 4.78 is 11.3. The van der Waals surface area contributed by atoms with Crippen LogP contribution in [0.5, 0.6) is 5.88 Å². The van der Waals surface area contributed by atoms with Crippen LogP contribution in [0.4, 0.5) is 0 Å². The third kappa shape index (κ3) is 3.07. The van der Waals surface area contributed by atoms with Gasteiger partial charge in [0, 0.05) is 17.7 Å². The van der Waals surface area contributed by atoms with Gasteiger partial charge < -0.3 is 9.15 Å². The molecular weight excluding hydrogens is 288 g/mol. The fraction of sp³-hybridized carbons (Fsp3) is 0.368. The zero-order valence-corrected chi connectivity index (χ0v) is 14.1. The van der Waals surface area contributed by atoms with Gasteiger partial charge in [-0.15, -0.1) is 0 Å². The first-order chi connectivity index (χ1) is 11.1. The maximum Gasteiger partial charge on any atom is 0.216 e. The second-order valence-electron chi connectivity index (χ2n) is 5.79. The molecule has 3 rings (SSSR count).